The zero-order valence-electron chi connectivity index (χ0n) is 14.2. The molecular weight excluding hydrogens is 342 g/mol. The maximum absolute atomic E-state index is 12.9. The Kier molecular flexibility index (Phi) is 4.64. The molecule has 0 aromatic heterocycles. The molecule has 26 heavy (non-hydrogen) atoms. The van der Waals surface area contributed by atoms with Gasteiger partial charge in [-0.1, -0.05) is 12.1 Å². The summed E-state index contributed by atoms with van der Waals surface area (Å²) < 4.78 is 5.29. The molecule has 0 spiro atoms. The summed E-state index contributed by atoms with van der Waals surface area (Å²) >= 11 is 0. The van der Waals surface area contributed by atoms with Crippen LogP contribution >= 0.6 is 0 Å². The van der Waals surface area contributed by atoms with Gasteiger partial charge in [0.05, 0.1) is 25.7 Å². The van der Waals surface area contributed by atoms with Crippen molar-refractivity contribution >= 4 is 23.8 Å². The number of amides is 4. The first-order valence-corrected chi connectivity index (χ1v) is 8.16. The first kappa shape index (κ1) is 17.9. The highest BCUT2D eigenvalue weighted by atomic mass is 16.5. The molecule has 138 valence electrons. The molecule has 2 saturated heterocycles. The number of hydrogen-bond donors (Lipinski definition) is 3. The molecule has 3 rings (SSSR count). The minimum absolute atomic E-state index is 0.161. The average molecular weight is 361 g/mol. The number of carboxylic acid groups (broad SMARTS) is 1. The Balaban J connectivity index is 1.87. The van der Waals surface area contributed by atoms with Crippen LogP contribution in [0.5, 0.6) is 0 Å². The van der Waals surface area contributed by atoms with E-state index in [1.54, 1.807) is 31.2 Å². The third-order valence-corrected chi connectivity index (χ3v) is 4.63. The number of benzene rings is 1. The summed E-state index contributed by atoms with van der Waals surface area (Å²) in [7, 11) is 0. The molecule has 2 fully saturated rings. The van der Waals surface area contributed by atoms with Gasteiger partial charge >= 0.3 is 12.0 Å². The lowest BCUT2D eigenvalue weighted by Gasteiger charge is -2.35. The molecule has 1 aromatic rings. The van der Waals surface area contributed by atoms with E-state index in [2.05, 4.69) is 10.6 Å². The third kappa shape index (κ3) is 3.25. The minimum Gasteiger partial charge on any atom is -0.481 e. The second kappa shape index (κ2) is 6.75. The molecule has 2 aliphatic rings. The first-order valence-electron chi connectivity index (χ1n) is 8.16. The molecule has 9 heteroatoms. The van der Waals surface area contributed by atoms with Gasteiger partial charge in [-0.3, -0.25) is 19.7 Å². The molecule has 4 amide bonds. The summed E-state index contributed by atoms with van der Waals surface area (Å²) in [5.74, 6) is -1.85. The van der Waals surface area contributed by atoms with E-state index in [0.717, 1.165) is 0 Å². The van der Waals surface area contributed by atoms with Crippen LogP contribution in [-0.4, -0.2) is 59.6 Å². The number of carboxylic acids is 1. The van der Waals surface area contributed by atoms with Crippen LogP contribution in [0.3, 0.4) is 0 Å². The van der Waals surface area contributed by atoms with Crippen molar-refractivity contribution in [2.24, 2.45) is 0 Å². The number of carbonyl (C=O) groups excluding carboxylic acids is 3. The Morgan fingerprint density at radius 2 is 2.15 bits per heavy atom. The number of rotatable bonds is 4. The fraction of sp³-hybridized carbons (Fsp3) is 0.412. The topological polar surface area (TPSA) is 125 Å². The van der Waals surface area contributed by atoms with Crippen LogP contribution in [0.2, 0.25) is 0 Å². The van der Waals surface area contributed by atoms with E-state index in [-0.39, 0.29) is 25.5 Å². The Hall–Kier alpha value is -2.94. The van der Waals surface area contributed by atoms with E-state index in [4.69, 9.17) is 9.84 Å². The van der Waals surface area contributed by atoms with E-state index in [9.17, 15) is 19.2 Å². The van der Waals surface area contributed by atoms with Crippen LogP contribution in [0.25, 0.3) is 0 Å². The highest BCUT2D eigenvalue weighted by Crippen LogP contribution is 2.26. The lowest BCUT2D eigenvalue weighted by atomic mass is 9.90. The molecule has 0 radical (unpaired) electrons. The number of morpholine rings is 1. The number of nitrogens with zero attached hydrogens (tertiary/aromatic N) is 1. The van der Waals surface area contributed by atoms with Crippen molar-refractivity contribution in [2.75, 3.05) is 19.8 Å². The van der Waals surface area contributed by atoms with E-state index in [1.165, 1.54) is 4.90 Å². The number of aliphatic carboxylic acids is 1. The number of urea groups is 1. The largest absolute Gasteiger partial charge is 0.481 e. The summed E-state index contributed by atoms with van der Waals surface area (Å²) in [5.41, 5.74) is -0.483. The molecule has 0 bridgehead atoms. The van der Waals surface area contributed by atoms with Crippen molar-refractivity contribution < 1.29 is 29.0 Å². The van der Waals surface area contributed by atoms with Gasteiger partial charge in [0.25, 0.3) is 11.8 Å². The molecular formula is C17H19N3O6. The minimum atomic E-state index is -1.27. The lowest BCUT2D eigenvalue weighted by Crippen LogP contribution is -2.49. The van der Waals surface area contributed by atoms with Gasteiger partial charge in [-0.05, 0) is 24.6 Å². The predicted octanol–water partition coefficient (Wildman–Crippen LogP) is 0.0569. The number of nitrogens with one attached hydrogen (secondary N) is 2. The summed E-state index contributed by atoms with van der Waals surface area (Å²) in [6.07, 6.45) is -0.207. The van der Waals surface area contributed by atoms with Crippen LogP contribution in [0, 0.1) is 0 Å². The molecule has 2 unspecified atom stereocenters. The van der Waals surface area contributed by atoms with Gasteiger partial charge in [-0.2, -0.15) is 0 Å². The van der Waals surface area contributed by atoms with Gasteiger partial charge in [0.15, 0.2) is 0 Å². The smallest absolute Gasteiger partial charge is 0.322 e. The number of ether oxygens (including phenoxy) is 1. The number of imide groups is 1. The van der Waals surface area contributed by atoms with Gasteiger partial charge in [-0.25, -0.2) is 4.79 Å². The van der Waals surface area contributed by atoms with Crippen molar-refractivity contribution in [1.29, 1.82) is 0 Å². The maximum atomic E-state index is 12.9. The Labute approximate surface area is 149 Å². The second-order valence-corrected chi connectivity index (χ2v) is 6.44. The molecule has 9 nitrogen and oxygen atoms in total. The van der Waals surface area contributed by atoms with Crippen LogP contribution in [-0.2, 0) is 19.9 Å². The first-order chi connectivity index (χ1) is 12.3. The zero-order valence-corrected chi connectivity index (χ0v) is 14.2. The number of carbonyl (C=O) groups is 4. The molecule has 2 atom stereocenters. The maximum Gasteiger partial charge on any atom is 0.322 e. The van der Waals surface area contributed by atoms with Crippen molar-refractivity contribution in [1.82, 2.24) is 15.5 Å². The summed E-state index contributed by atoms with van der Waals surface area (Å²) in [6, 6.07) is 5.26. The van der Waals surface area contributed by atoms with Gasteiger partial charge in [0.1, 0.15) is 5.54 Å². The Bertz CT molecular complexity index is 780. The molecule has 2 heterocycles. The van der Waals surface area contributed by atoms with Gasteiger partial charge < -0.3 is 20.1 Å². The highest BCUT2D eigenvalue weighted by Gasteiger charge is 2.43. The van der Waals surface area contributed by atoms with Crippen LogP contribution in [0.4, 0.5) is 4.79 Å². The molecule has 3 N–H and O–H groups in total. The fourth-order valence-corrected chi connectivity index (χ4v) is 3.17. The Morgan fingerprint density at radius 3 is 2.81 bits per heavy atom. The van der Waals surface area contributed by atoms with E-state index in [0.29, 0.717) is 17.7 Å². The highest BCUT2D eigenvalue weighted by molar-refractivity contribution is 6.07. The van der Waals surface area contributed by atoms with Gasteiger partial charge in [0, 0.05) is 12.1 Å². The van der Waals surface area contributed by atoms with Crippen LogP contribution < -0.4 is 10.6 Å². The second-order valence-electron chi connectivity index (χ2n) is 6.44. The quantitative estimate of drug-likeness (QED) is 0.651. The molecule has 0 aliphatic carbocycles. The SMILES string of the molecule is CC1(c2cccc(C(=O)N3CCOCC3CC(=O)O)c2)NC(=O)NC1=O. The van der Waals surface area contributed by atoms with E-state index < -0.39 is 29.5 Å². The molecule has 0 saturated carbocycles. The van der Waals surface area contributed by atoms with Crippen LogP contribution in [0.15, 0.2) is 24.3 Å². The van der Waals surface area contributed by atoms with Crippen molar-refractivity contribution in [3.05, 3.63) is 35.4 Å². The van der Waals surface area contributed by atoms with Crippen LogP contribution in [0.1, 0.15) is 29.3 Å². The Morgan fingerprint density at radius 1 is 1.38 bits per heavy atom. The summed E-state index contributed by atoms with van der Waals surface area (Å²) in [6.45, 7) is 2.33. The monoisotopic (exact) mass is 361 g/mol. The summed E-state index contributed by atoms with van der Waals surface area (Å²) in [5, 5.41) is 13.8. The normalized spacial score (nSPS) is 25.6. The summed E-state index contributed by atoms with van der Waals surface area (Å²) in [4.78, 5) is 49.0. The van der Waals surface area contributed by atoms with Crippen molar-refractivity contribution in [2.45, 2.75) is 24.9 Å². The standard InChI is InChI=1S/C17H19N3O6/c1-17(15(24)18-16(25)19-17)11-4-2-3-10(7-11)14(23)20-5-6-26-9-12(20)8-13(21)22/h2-4,7,12H,5-6,8-9H2,1H3,(H,21,22)(H2,18,19,24,25). The van der Waals surface area contributed by atoms with Gasteiger partial charge in [-0.15, -0.1) is 0 Å². The van der Waals surface area contributed by atoms with E-state index >= 15 is 0 Å². The van der Waals surface area contributed by atoms with Gasteiger partial charge in [0.2, 0.25) is 0 Å². The lowest BCUT2D eigenvalue weighted by molar-refractivity contribution is -0.139. The molecule has 2 aliphatic heterocycles. The fourth-order valence-electron chi connectivity index (χ4n) is 3.17. The zero-order chi connectivity index (χ0) is 18.9. The van der Waals surface area contributed by atoms with Crippen molar-refractivity contribution in [3.8, 4) is 0 Å². The van der Waals surface area contributed by atoms with Crippen molar-refractivity contribution in [3.63, 3.8) is 0 Å². The number of hydrogen-bond acceptors (Lipinski definition) is 5. The third-order valence-electron chi connectivity index (χ3n) is 4.63. The molecule has 1 aromatic carbocycles. The predicted molar refractivity (Wildman–Crippen MR) is 88.4 cm³/mol. The average Bonchev–Trinajstić information content (AvgIpc) is 2.87. The van der Waals surface area contributed by atoms with E-state index in [1.807, 2.05) is 0 Å².